The maximum Gasteiger partial charge on any atom is 0.267 e. The molecule has 0 aliphatic heterocycles. The Bertz CT molecular complexity index is 426. The van der Waals surface area contributed by atoms with E-state index in [1.54, 1.807) is 19.3 Å². The lowest BCUT2D eigenvalue weighted by Crippen LogP contribution is -2.30. The summed E-state index contributed by atoms with van der Waals surface area (Å²) in [7, 11) is 1.57. The van der Waals surface area contributed by atoms with E-state index in [4.69, 9.17) is 5.73 Å². The van der Waals surface area contributed by atoms with Gasteiger partial charge in [0, 0.05) is 32.8 Å². The molecule has 0 saturated carbocycles. The Morgan fingerprint density at radius 1 is 1.44 bits per heavy atom. The van der Waals surface area contributed by atoms with Crippen molar-refractivity contribution in [2.75, 3.05) is 19.3 Å². The number of aromatic nitrogens is 1. The zero-order valence-electron chi connectivity index (χ0n) is 10.8. The third-order valence-corrected chi connectivity index (χ3v) is 2.53. The normalized spacial score (nSPS) is 10.1. The molecule has 1 aromatic rings. The van der Waals surface area contributed by atoms with Crippen LogP contribution in [-0.4, -0.2) is 30.0 Å². The molecule has 0 aliphatic rings. The Labute approximate surface area is 107 Å². The maximum atomic E-state index is 11.9. The lowest BCUT2D eigenvalue weighted by Gasteiger charge is -2.08. The van der Waals surface area contributed by atoms with Crippen LogP contribution in [0, 0.1) is 0 Å². The second-order valence-corrected chi connectivity index (χ2v) is 4.03. The van der Waals surface area contributed by atoms with Crippen molar-refractivity contribution in [1.82, 2.24) is 15.2 Å². The number of hydrogen-bond donors (Lipinski definition) is 3. The molecule has 0 atom stereocenters. The van der Waals surface area contributed by atoms with Gasteiger partial charge in [-0.15, -0.1) is 0 Å². The predicted octanol–water partition coefficient (Wildman–Crippen LogP) is 0.346. The van der Waals surface area contributed by atoms with Crippen LogP contribution in [0.4, 0.5) is 5.69 Å². The summed E-state index contributed by atoms with van der Waals surface area (Å²) in [5.74, 6) is -0.303. The van der Waals surface area contributed by atoms with Gasteiger partial charge in [0.05, 0.1) is 5.69 Å². The van der Waals surface area contributed by atoms with Crippen molar-refractivity contribution in [2.45, 2.75) is 26.3 Å². The Morgan fingerprint density at radius 2 is 2.17 bits per heavy atom. The highest BCUT2D eigenvalue weighted by Gasteiger charge is 2.12. The first-order valence-corrected chi connectivity index (χ1v) is 6.03. The molecule has 1 heterocycles. The Kier molecular flexibility index (Phi) is 5.23. The van der Waals surface area contributed by atoms with Crippen molar-refractivity contribution in [3.8, 4) is 0 Å². The second kappa shape index (κ2) is 6.68. The Hall–Kier alpha value is -1.98. The zero-order valence-corrected chi connectivity index (χ0v) is 10.8. The Balaban J connectivity index is 2.58. The van der Waals surface area contributed by atoms with E-state index < -0.39 is 0 Å². The fourth-order valence-corrected chi connectivity index (χ4v) is 1.65. The standard InChI is InChI=1S/C12H20N4O2/c1-3-6-16-8-9(13)7-10(16)12(18)15-5-4-11(17)14-2/h7-8H,3-6,13H2,1-2H3,(H,14,17)(H,15,18). The SMILES string of the molecule is CCCn1cc(N)cc1C(=O)NCCC(=O)NC. The molecule has 1 aromatic heterocycles. The van der Waals surface area contributed by atoms with Crippen LogP contribution in [0.15, 0.2) is 12.3 Å². The molecule has 0 bridgehead atoms. The van der Waals surface area contributed by atoms with Crippen LogP contribution in [-0.2, 0) is 11.3 Å². The summed E-state index contributed by atoms with van der Waals surface area (Å²) in [6, 6.07) is 1.64. The number of aryl methyl sites for hydroxylation is 1. The third kappa shape index (κ3) is 3.80. The fraction of sp³-hybridized carbons (Fsp3) is 0.500. The minimum Gasteiger partial charge on any atom is -0.397 e. The molecule has 4 N–H and O–H groups in total. The monoisotopic (exact) mass is 252 g/mol. The second-order valence-electron chi connectivity index (χ2n) is 4.03. The van der Waals surface area contributed by atoms with Gasteiger partial charge in [0.15, 0.2) is 0 Å². The molecular weight excluding hydrogens is 232 g/mol. The van der Waals surface area contributed by atoms with Crippen molar-refractivity contribution < 1.29 is 9.59 Å². The van der Waals surface area contributed by atoms with E-state index in [2.05, 4.69) is 10.6 Å². The fourth-order valence-electron chi connectivity index (χ4n) is 1.65. The molecule has 0 unspecified atom stereocenters. The average Bonchev–Trinajstić information content (AvgIpc) is 2.70. The highest BCUT2D eigenvalue weighted by Crippen LogP contribution is 2.11. The van der Waals surface area contributed by atoms with Gasteiger partial charge in [0.25, 0.3) is 5.91 Å². The average molecular weight is 252 g/mol. The maximum absolute atomic E-state index is 11.9. The van der Waals surface area contributed by atoms with Gasteiger partial charge in [-0.25, -0.2) is 0 Å². The van der Waals surface area contributed by atoms with Crippen LogP contribution in [0.5, 0.6) is 0 Å². The molecule has 1 rings (SSSR count). The summed E-state index contributed by atoms with van der Waals surface area (Å²) >= 11 is 0. The number of amides is 2. The topological polar surface area (TPSA) is 89.2 Å². The van der Waals surface area contributed by atoms with Crippen LogP contribution in [0.25, 0.3) is 0 Å². The van der Waals surface area contributed by atoms with Gasteiger partial charge in [-0.2, -0.15) is 0 Å². The number of nitrogen functional groups attached to an aromatic ring is 1. The van der Waals surface area contributed by atoms with Crippen LogP contribution in [0.1, 0.15) is 30.3 Å². The van der Waals surface area contributed by atoms with Gasteiger partial charge in [-0.1, -0.05) is 6.92 Å². The molecule has 0 saturated heterocycles. The van der Waals surface area contributed by atoms with Crippen molar-refractivity contribution in [3.05, 3.63) is 18.0 Å². The number of nitrogens with one attached hydrogen (secondary N) is 2. The number of rotatable bonds is 6. The predicted molar refractivity (Wildman–Crippen MR) is 70.2 cm³/mol. The number of nitrogens with two attached hydrogens (primary N) is 1. The number of nitrogens with zero attached hydrogens (tertiary/aromatic N) is 1. The zero-order chi connectivity index (χ0) is 13.5. The van der Waals surface area contributed by atoms with Crippen LogP contribution in [0.3, 0.4) is 0 Å². The molecule has 100 valence electrons. The smallest absolute Gasteiger partial charge is 0.267 e. The molecule has 18 heavy (non-hydrogen) atoms. The first kappa shape index (κ1) is 14.1. The number of anilines is 1. The molecule has 6 heteroatoms. The highest BCUT2D eigenvalue weighted by atomic mass is 16.2. The van der Waals surface area contributed by atoms with Crippen LogP contribution >= 0.6 is 0 Å². The molecule has 0 aliphatic carbocycles. The van der Waals surface area contributed by atoms with Crippen molar-refractivity contribution in [1.29, 1.82) is 0 Å². The Morgan fingerprint density at radius 3 is 2.78 bits per heavy atom. The summed E-state index contributed by atoms with van der Waals surface area (Å²) in [6.07, 6.45) is 2.94. The van der Waals surface area contributed by atoms with Crippen LogP contribution in [0.2, 0.25) is 0 Å². The van der Waals surface area contributed by atoms with E-state index in [1.165, 1.54) is 0 Å². The van der Waals surface area contributed by atoms with E-state index >= 15 is 0 Å². The number of carbonyl (C=O) groups excluding carboxylic acids is 2. The van der Waals surface area contributed by atoms with Gasteiger partial charge in [-0.3, -0.25) is 9.59 Å². The summed E-state index contributed by atoms with van der Waals surface area (Å²) < 4.78 is 1.82. The lowest BCUT2D eigenvalue weighted by atomic mass is 10.3. The minimum absolute atomic E-state index is 0.0984. The molecule has 6 nitrogen and oxygen atoms in total. The molecular formula is C12H20N4O2. The molecule has 0 aromatic carbocycles. The van der Waals surface area contributed by atoms with E-state index in [-0.39, 0.29) is 18.2 Å². The van der Waals surface area contributed by atoms with E-state index in [1.807, 2.05) is 11.5 Å². The van der Waals surface area contributed by atoms with Gasteiger partial charge in [0.2, 0.25) is 5.91 Å². The van der Waals surface area contributed by atoms with E-state index in [0.29, 0.717) is 17.9 Å². The quantitative estimate of drug-likeness (QED) is 0.682. The highest BCUT2D eigenvalue weighted by molar-refractivity contribution is 5.94. The summed E-state index contributed by atoms with van der Waals surface area (Å²) in [4.78, 5) is 22.9. The van der Waals surface area contributed by atoms with Crippen molar-refractivity contribution in [3.63, 3.8) is 0 Å². The molecule has 0 spiro atoms. The van der Waals surface area contributed by atoms with Gasteiger partial charge < -0.3 is 20.9 Å². The first-order chi connectivity index (χ1) is 8.58. The largest absolute Gasteiger partial charge is 0.397 e. The summed E-state index contributed by atoms with van der Waals surface area (Å²) in [5, 5.41) is 5.20. The molecule has 0 fully saturated rings. The van der Waals surface area contributed by atoms with E-state index in [0.717, 1.165) is 13.0 Å². The third-order valence-electron chi connectivity index (χ3n) is 2.53. The van der Waals surface area contributed by atoms with Crippen molar-refractivity contribution in [2.24, 2.45) is 0 Å². The van der Waals surface area contributed by atoms with E-state index in [9.17, 15) is 9.59 Å². The van der Waals surface area contributed by atoms with Gasteiger partial charge >= 0.3 is 0 Å². The molecule has 0 radical (unpaired) electrons. The summed E-state index contributed by atoms with van der Waals surface area (Å²) in [5.41, 5.74) is 6.78. The van der Waals surface area contributed by atoms with Crippen LogP contribution < -0.4 is 16.4 Å². The summed E-state index contributed by atoms with van der Waals surface area (Å²) in [6.45, 7) is 3.09. The minimum atomic E-state index is -0.205. The van der Waals surface area contributed by atoms with Gasteiger partial charge in [-0.05, 0) is 12.5 Å². The number of carbonyl (C=O) groups is 2. The number of hydrogen-bond acceptors (Lipinski definition) is 3. The first-order valence-electron chi connectivity index (χ1n) is 6.03. The van der Waals surface area contributed by atoms with Gasteiger partial charge in [0.1, 0.15) is 5.69 Å². The van der Waals surface area contributed by atoms with Crippen molar-refractivity contribution >= 4 is 17.5 Å². The lowest BCUT2D eigenvalue weighted by molar-refractivity contribution is -0.120. The molecule has 2 amide bonds.